The van der Waals surface area contributed by atoms with E-state index in [1.165, 1.54) is 18.2 Å². The van der Waals surface area contributed by atoms with Gasteiger partial charge in [-0.3, -0.25) is 0 Å². The van der Waals surface area contributed by atoms with Gasteiger partial charge in [-0.15, -0.1) is 0 Å². The lowest BCUT2D eigenvalue weighted by atomic mass is 10.2. The van der Waals surface area contributed by atoms with Gasteiger partial charge in [0.05, 0.1) is 14.9 Å². The summed E-state index contributed by atoms with van der Waals surface area (Å²) in [5.74, 6) is 0.703. The summed E-state index contributed by atoms with van der Waals surface area (Å²) in [6.45, 7) is 2.33. The second-order valence-corrected chi connectivity index (χ2v) is 7.22. The van der Waals surface area contributed by atoms with Crippen LogP contribution in [0.5, 0.6) is 5.75 Å². The third-order valence-electron chi connectivity index (χ3n) is 2.85. The largest absolute Gasteiger partial charge is 0.492 e. The van der Waals surface area contributed by atoms with E-state index in [-0.39, 0.29) is 23.1 Å². The summed E-state index contributed by atoms with van der Waals surface area (Å²) < 4.78 is 32.1. The van der Waals surface area contributed by atoms with E-state index in [1.807, 2.05) is 31.2 Å². The van der Waals surface area contributed by atoms with Crippen molar-refractivity contribution >= 4 is 33.2 Å². The van der Waals surface area contributed by atoms with Crippen LogP contribution in [-0.4, -0.2) is 21.6 Å². The van der Waals surface area contributed by atoms with E-state index in [0.717, 1.165) is 5.56 Å². The summed E-state index contributed by atoms with van der Waals surface area (Å²) in [4.78, 5) is 0.0671. The van der Waals surface area contributed by atoms with Crippen molar-refractivity contribution in [2.45, 2.75) is 11.8 Å². The van der Waals surface area contributed by atoms with Crippen molar-refractivity contribution < 1.29 is 13.2 Å². The van der Waals surface area contributed by atoms with E-state index in [9.17, 15) is 8.42 Å². The number of ether oxygens (including phenoxy) is 1. The highest BCUT2D eigenvalue weighted by Crippen LogP contribution is 2.24. The zero-order valence-corrected chi connectivity index (χ0v) is 14.2. The minimum absolute atomic E-state index is 0.0671. The first-order valence-corrected chi connectivity index (χ1v) is 8.76. The molecule has 2 rings (SSSR count). The van der Waals surface area contributed by atoms with E-state index in [4.69, 9.17) is 27.9 Å². The fourth-order valence-electron chi connectivity index (χ4n) is 1.78. The molecule has 2 aromatic rings. The topological polar surface area (TPSA) is 55.4 Å². The molecule has 0 aromatic heterocycles. The number of nitrogens with one attached hydrogen (secondary N) is 1. The highest BCUT2D eigenvalue weighted by molar-refractivity contribution is 7.89. The van der Waals surface area contributed by atoms with E-state index in [1.54, 1.807) is 0 Å². The number of hydrogen-bond donors (Lipinski definition) is 1. The van der Waals surface area contributed by atoms with Crippen molar-refractivity contribution in [2.75, 3.05) is 13.2 Å². The van der Waals surface area contributed by atoms with Crippen LogP contribution >= 0.6 is 23.2 Å². The Labute approximate surface area is 140 Å². The van der Waals surface area contributed by atoms with Crippen LogP contribution in [0.2, 0.25) is 10.0 Å². The summed E-state index contributed by atoms with van der Waals surface area (Å²) in [7, 11) is -3.64. The van der Waals surface area contributed by atoms with Crippen LogP contribution < -0.4 is 9.46 Å². The molecule has 0 saturated heterocycles. The molecule has 0 amide bonds. The first kappa shape index (κ1) is 17.1. The van der Waals surface area contributed by atoms with Gasteiger partial charge < -0.3 is 4.74 Å². The maximum atomic E-state index is 12.1. The second-order valence-electron chi connectivity index (χ2n) is 4.64. The summed E-state index contributed by atoms with van der Waals surface area (Å²) in [5.41, 5.74) is 1.08. The molecule has 0 aliphatic carbocycles. The smallest absolute Gasteiger partial charge is 0.240 e. The lowest BCUT2D eigenvalue weighted by Gasteiger charge is -2.09. The minimum atomic E-state index is -3.64. The fourth-order valence-corrected chi connectivity index (χ4v) is 3.18. The molecule has 4 nitrogen and oxygen atoms in total. The van der Waals surface area contributed by atoms with Crippen LogP contribution in [-0.2, 0) is 10.0 Å². The average molecular weight is 360 g/mol. The Hall–Kier alpha value is -1.27. The normalized spacial score (nSPS) is 11.4. The van der Waals surface area contributed by atoms with Gasteiger partial charge >= 0.3 is 0 Å². The maximum absolute atomic E-state index is 12.1. The van der Waals surface area contributed by atoms with Crippen molar-refractivity contribution in [3.63, 3.8) is 0 Å². The molecule has 0 atom stereocenters. The third kappa shape index (κ3) is 4.61. The highest BCUT2D eigenvalue weighted by atomic mass is 35.5. The molecule has 22 heavy (non-hydrogen) atoms. The number of rotatable bonds is 6. The summed E-state index contributed by atoms with van der Waals surface area (Å²) in [6, 6.07) is 11.7. The molecule has 0 unspecified atom stereocenters. The molecule has 0 saturated carbocycles. The number of hydrogen-bond acceptors (Lipinski definition) is 3. The highest BCUT2D eigenvalue weighted by Gasteiger charge is 2.14. The van der Waals surface area contributed by atoms with Gasteiger partial charge in [-0.1, -0.05) is 35.3 Å². The lowest BCUT2D eigenvalue weighted by molar-refractivity contribution is 0.322. The molecule has 0 aliphatic heterocycles. The Balaban J connectivity index is 1.91. The van der Waals surface area contributed by atoms with Gasteiger partial charge in [0.25, 0.3) is 0 Å². The van der Waals surface area contributed by atoms with Crippen molar-refractivity contribution in [3.05, 3.63) is 58.1 Å². The Morgan fingerprint density at radius 1 is 1.09 bits per heavy atom. The Morgan fingerprint density at radius 3 is 2.55 bits per heavy atom. The lowest BCUT2D eigenvalue weighted by Crippen LogP contribution is -2.28. The van der Waals surface area contributed by atoms with Crippen LogP contribution in [0, 0.1) is 6.92 Å². The number of sulfonamides is 1. The van der Waals surface area contributed by atoms with Crippen LogP contribution in [0.3, 0.4) is 0 Å². The van der Waals surface area contributed by atoms with Crippen molar-refractivity contribution in [3.8, 4) is 5.75 Å². The monoisotopic (exact) mass is 359 g/mol. The first-order chi connectivity index (χ1) is 10.4. The number of halogens is 2. The van der Waals surface area contributed by atoms with E-state index in [2.05, 4.69) is 4.72 Å². The molecule has 1 N–H and O–H groups in total. The minimum Gasteiger partial charge on any atom is -0.492 e. The fraction of sp³-hybridized carbons (Fsp3) is 0.200. The van der Waals surface area contributed by atoms with Gasteiger partial charge in [-0.05, 0) is 42.8 Å². The first-order valence-electron chi connectivity index (χ1n) is 6.53. The Kier molecular flexibility index (Phi) is 5.69. The van der Waals surface area contributed by atoms with Gasteiger partial charge in [0.1, 0.15) is 12.4 Å². The average Bonchev–Trinajstić information content (AvgIpc) is 2.46. The van der Waals surface area contributed by atoms with Crippen LogP contribution in [0.4, 0.5) is 0 Å². The molecular weight excluding hydrogens is 345 g/mol. The maximum Gasteiger partial charge on any atom is 0.240 e. The van der Waals surface area contributed by atoms with E-state index in [0.29, 0.717) is 10.8 Å². The zero-order chi connectivity index (χ0) is 16.2. The summed E-state index contributed by atoms with van der Waals surface area (Å²) in [5, 5.41) is 0.504. The predicted molar refractivity (Wildman–Crippen MR) is 88.3 cm³/mol. The standard InChI is InChI=1S/C15H15Cl2NO3S/c1-11-3-2-4-12(9-11)21-8-7-18-22(19,20)13-5-6-14(16)15(17)10-13/h2-6,9-10,18H,7-8H2,1H3. The van der Waals surface area contributed by atoms with Gasteiger partial charge in [-0.2, -0.15) is 0 Å². The van der Waals surface area contributed by atoms with Crippen molar-refractivity contribution in [1.82, 2.24) is 4.72 Å². The van der Waals surface area contributed by atoms with Crippen LogP contribution in [0.25, 0.3) is 0 Å². The van der Waals surface area contributed by atoms with Crippen molar-refractivity contribution in [2.24, 2.45) is 0 Å². The van der Waals surface area contributed by atoms with Crippen molar-refractivity contribution in [1.29, 1.82) is 0 Å². The Bertz CT molecular complexity index is 763. The molecular formula is C15H15Cl2NO3S. The van der Waals surface area contributed by atoms with Gasteiger partial charge in [0.2, 0.25) is 10.0 Å². The molecule has 0 fully saturated rings. The SMILES string of the molecule is Cc1cccc(OCCNS(=O)(=O)c2ccc(Cl)c(Cl)c2)c1. The van der Waals surface area contributed by atoms with Gasteiger partial charge in [0, 0.05) is 6.54 Å². The molecule has 0 bridgehead atoms. The summed E-state index contributed by atoms with van der Waals surface area (Å²) in [6.07, 6.45) is 0. The van der Waals surface area contributed by atoms with Crippen LogP contribution in [0.15, 0.2) is 47.4 Å². The number of benzene rings is 2. The van der Waals surface area contributed by atoms with Gasteiger partial charge in [0.15, 0.2) is 0 Å². The molecule has 7 heteroatoms. The molecule has 118 valence electrons. The molecule has 0 heterocycles. The predicted octanol–water partition coefficient (Wildman–Crippen LogP) is 3.66. The number of aryl methyl sites for hydroxylation is 1. The van der Waals surface area contributed by atoms with Gasteiger partial charge in [-0.25, -0.2) is 13.1 Å². The van der Waals surface area contributed by atoms with E-state index >= 15 is 0 Å². The second kappa shape index (κ2) is 7.33. The van der Waals surface area contributed by atoms with E-state index < -0.39 is 10.0 Å². The third-order valence-corrected chi connectivity index (χ3v) is 5.05. The quantitative estimate of drug-likeness (QED) is 0.800. The van der Waals surface area contributed by atoms with Crippen LogP contribution in [0.1, 0.15) is 5.56 Å². The Morgan fingerprint density at radius 2 is 1.86 bits per heavy atom. The molecule has 0 radical (unpaired) electrons. The zero-order valence-electron chi connectivity index (χ0n) is 11.8. The molecule has 0 spiro atoms. The molecule has 0 aliphatic rings. The molecule has 2 aromatic carbocycles. The summed E-state index contributed by atoms with van der Waals surface area (Å²) >= 11 is 11.6.